The molecule has 0 radical (unpaired) electrons. The number of nitrogens with one attached hydrogen (secondary N) is 2. The molecule has 0 aliphatic heterocycles. The minimum atomic E-state index is -0.216. The van der Waals surface area contributed by atoms with Crippen LogP contribution in [0, 0.1) is 0 Å². The largest absolute Gasteiger partial charge is 0.507 e. The third-order valence-corrected chi connectivity index (χ3v) is 5.67. The number of hydrogen-bond acceptors (Lipinski definition) is 6. The lowest BCUT2D eigenvalue weighted by molar-refractivity contribution is -0.117. The van der Waals surface area contributed by atoms with Crippen LogP contribution in [0.25, 0.3) is 21.5 Å². The molecule has 0 atom stereocenters. The summed E-state index contributed by atoms with van der Waals surface area (Å²) in [6.07, 6.45) is 5.25. The molecule has 0 saturated carbocycles. The van der Waals surface area contributed by atoms with Crippen molar-refractivity contribution in [1.82, 2.24) is 10.6 Å². The molecule has 2 amide bonds. The van der Waals surface area contributed by atoms with Gasteiger partial charge in [0.15, 0.2) is 0 Å². The van der Waals surface area contributed by atoms with Crippen molar-refractivity contribution in [3.8, 4) is 23.0 Å². The molecular formula is C28H32N2O6. The molecule has 0 unspecified atom stereocenters. The highest BCUT2D eigenvalue weighted by atomic mass is 16.5. The number of amides is 2. The Morgan fingerprint density at radius 1 is 0.722 bits per heavy atom. The summed E-state index contributed by atoms with van der Waals surface area (Å²) in [7, 11) is 0. The minimum absolute atomic E-state index is 0.00392. The lowest BCUT2D eigenvalue weighted by Crippen LogP contribution is -2.22. The molecule has 0 fully saturated rings. The fraction of sp³-hybridized carbons (Fsp3) is 0.286. The Kier molecular flexibility index (Phi) is 9.56. The summed E-state index contributed by atoms with van der Waals surface area (Å²) < 4.78 is 12.0. The molecule has 4 N–H and O–H groups in total. The number of fused-ring (bicyclic) bond motifs is 2. The Morgan fingerprint density at radius 2 is 1.14 bits per heavy atom. The normalized spacial score (nSPS) is 10.7. The highest BCUT2D eigenvalue weighted by Gasteiger charge is 2.20. The Morgan fingerprint density at radius 3 is 1.53 bits per heavy atom. The number of unbranched alkanes of at least 4 members (excludes halogenated alkanes) is 2. The molecule has 36 heavy (non-hydrogen) atoms. The molecular weight excluding hydrogens is 460 g/mol. The number of rotatable bonds is 14. The van der Waals surface area contributed by atoms with E-state index in [0.29, 0.717) is 85.0 Å². The van der Waals surface area contributed by atoms with Crippen molar-refractivity contribution in [3.63, 3.8) is 0 Å². The molecule has 0 aromatic heterocycles. The third kappa shape index (κ3) is 6.47. The molecule has 0 aliphatic rings. The van der Waals surface area contributed by atoms with Crippen LogP contribution in [-0.4, -0.2) is 48.3 Å². The van der Waals surface area contributed by atoms with Crippen molar-refractivity contribution >= 4 is 33.4 Å². The number of carbonyl (C=O) groups excluding carboxylic acids is 2. The van der Waals surface area contributed by atoms with Crippen LogP contribution >= 0.6 is 0 Å². The van der Waals surface area contributed by atoms with Crippen molar-refractivity contribution in [2.75, 3.05) is 26.3 Å². The van der Waals surface area contributed by atoms with E-state index in [-0.39, 0.29) is 23.3 Å². The van der Waals surface area contributed by atoms with Crippen LogP contribution < -0.4 is 20.1 Å². The highest BCUT2D eigenvalue weighted by Crippen LogP contribution is 2.49. The Balaban J connectivity index is 1.78. The second-order valence-corrected chi connectivity index (χ2v) is 8.16. The van der Waals surface area contributed by atoms with E-state index < -0.39 is 0 Å². The second kappa shape index (κ2) is 13.0. The summed E-state index contributed by atoms with van der Waals surface area (Å²) in [5, 5.41) is 29.5. The summed E-state index contributed by atoms with van der Waals surface area (Å²) in [5.74, 6) is 0.433. The van der Waals surface area contributed by atoms with Crippen LogP contribution in [0.1, 0.15) is 25.7 Å². The Hall–Kier alpha value is -4.20. The van der Waals surface area contributed by atoms with E-state index in [0.717, 1.165) is 0 Å². The molecule has 3 aromatic carbocycles. The molecule has 8 nitrogen and oxygen atoms in total. The molecule has 0 spiro atoms. The monoisotopic (exact) mass is 492 g/mol. The van der Waals surface area contributed by atoms with Gasteiger partial charge >= 0.3 is 0 Å². The summed E-state index contributed by atoms with van der Waals surface area (Å²) in [4.78, 5) is 22.5. The summed E-state index contributed by atoms with van der Waals surface area (Å²) in [6.45, 7) is 8.59. The number of phenolic OH excluding ortho intramolecular Hbond substituents is 2. The van der Waals surface area contributed by atoms with Crippen molar-refractivity contribution in [2.24, 2.45) is 0 Å². The molecule has 0 bridgehead atoms. The maximum absolute atomic E-state index is 11.2. The van der Waals surface area contributed by atoms with E-state index in [1.54, 1.807) is 36.4 Å². The summed E-state index contributed by atoms with van der Waals surface area (Å²) >= 11 is 0. The zero-order valence-electron chi connectivity index (χ0n) is 20.2. The van der Waals surface area contributed by atoms with E-state index in [4.69, 9.17) is 9.47 Å². The quantitative estimate of drug-likeness (QED) is 0.115. The molecule has 3 rings (SSSR count). The van der Waals surface area contributed by atoms with Gasteiger partial charge in [-0.05, 0) is 50.0 Å². The fourth-order valence-corrected chi connectivity index (χ4v) is 3.83. The summed E-state index contributed by atoms with van der Waals surface area (Å²) in [6, 6.07) is 10.5. The second-order valence-electron chi connectivity index (χ2n) is 8.16. The van der Waals surface area contributed by atoms with E-state index >= 15 is 0 Å². The average molecular weight is 493 g/mol. The Bertz CT molecular complexity index is 1160. The number of benzene rings is 3. The van der Waals surface area contributed by atoms with E-state index in [1.165, 1.54) is 12.2 Å². The number of ether oxygens (including phenoxy) is 2. The number of phenols is 2. The van der Waals surface area contributed by atoms with Crippen LogP contribution in [0.3, 0.4) is 0 Å². The van der Waals surface area contributed by atoms with Crippen molar-refractivity contribution in [1.29, 1.82) is 0 Å². The van der Waals surface area contributed by atoms with Crippen LogP contribution in [-0.2, 0) is 9.59 Å². The highest BCUT2D eigenvalue weighted by molar-refractivity contribution is 6.14. The first-order chi connectivity index (χ1) is 17.5. The van der Waals surface area contributed by atoms with Crippen molar-refractivity contribution in [2.45, 2.75) is 25.7 Å². The first-order valence-corrected chi connectivity index (χ1v) is 11.9. The number of hydrogen-bond donors (Lipinski definition) is 4. The van der Waals surface area contributed by atoms with Gasteiger partial charge in [0, 0.05) is 23.9 Å². The van der Waals surface area contributed by atoms with Gasteiger partial charge < -0.3 is 30.3 Å². The van der Waals surface area contributed by atoms with Gasteiger partial charge in [-0.1, -0.05) is 37.4 Å². The average Bonchev–Trinajstić information content (AvgIpc) is 2.90. The topological polar surface area (TPSA) is 117 Å². The molecule has 0 aliphatic carbocycles. The van der Waals surface area contributed by atoms with Crippen LogP contribution in [0.2, 0.25) is 0 Å². The molecule has 3 aromatic rings. The van der Waals surface area contributed by atoms with E-state index in [1.807, 2.05) is 0 Å². The van der Waals surface area contributed by atoms with Gasteiger partial charge in [0.05, 0.1) is 24.0 Å². The zero-order chi connectivity index (χ0) is 25.9. The molecule has 190 valence electrons. The minimum Gasteiger partial charge on any atom is -0.507 e. The van der Waals surface area contributed by atoms with E-state index in [9.17, 15) is 19.8 Å². The fourth-order valence-electron chi connectivity index (χ4n) is 3.83. The maximum Gasteiger partial charge on any atom is 0.243 e. The van der Waals surface area contributed by atoms with Gasteiger partial charge in [0.25, 0.3) is 0 Å². The lowest BCUT2D eigenvalue weighted by atomic mass is 9.99. The van der Waals surface area contributed by atoms with Crippen LogP contribution in [0.4, 0.5) is 0 Å². The van der Waals surface area contributed by atoms with Crippen molar-refractivity contribution < 1.29 is 29.3 Å². The Labute approximate surface area is 210 Å². The molecule has 0 saturated heterocycles. The van der Waals surface area contributed by atoms with Crippen LogP contribution in [0.15, 0.2) is 61.7 Å². The van der Waals surface area contributed by atoms with Crippen molar-refractivity contribution in [3.05, 3.63) is 61.7 Å². The summed E-state index contributed by atoms with van der Waals surface area (Å²) in [5.41, 5.74) is 0. The maximum atomic E-state index is 11.2. The first-order valence-electron chi connectivity index (χ1n) is 11.9. The van der Waals surface area contributed by atoms with Gasteiger partial charge in [-0.25, -0.2) is 0 Å². The number of aromatic hydroxyl groups is 2. The number of carbonyl (C=O) groups is 2. The SMILES string of the molecule is C=CC(=O)NCCCCOc1ccc(OCCCCNC(=O)C=C)c2c(O)c3ccccc3c(O)c12. The predicted octanol–water partition coefficient (Wildman–Crippen LogP) is 4.33. The lowest BCUT2D eigenvalue weighted by Gasteiger charge is -2.17. The van der Waals surface area contributed by atoms with E-state index in [2.05, 4.69) is 23.8 Å². The third-order valence-electron chi connectivity index (χ3n) is 5.67. The predicted molar refractivity (Wildman–Crippen MR) is 141 cm³/mol. The first kappa shape index (κ1) is 26.4. The molecule has 0 heterocycles. The molecule has 8 heteroatoms. The van der Waals surface area contributed by atoms with Crippen LogP contribution in [0.5, 0.6) is 23.0 Å². The van der Waals surface area contributed by atoms with Gasteiger partial charge in [0.1, 0.15) is 23.0 Å². The van der Waals surface area contributed by atoms with Gasteiger partial charge in [-0.15, -0.1) is 0 Å². The standard InChI is InChI=1S/C28H32N2O6/c1-3-23(31)29-15-7-9-17-35-21-13-14-22(36-18-10-8-16-30-24(32)4-2)26-25(21)27(33)19-11-5-6-12-20(19)28(26)34/h3-6,11-14,33-34H,1-2,7-10,15-18H2,(H,29,31)(H,30,32). The zero-order valence-corrected chi connectivity index (χ0v) is 20.2. The smallest absolute Gasteiger partial charge is 0.243 e. The van der Waals surface area contributed by atoms with Gasteiger partial charge in [-0.2, -0.15) is 0 Å². The van der Waals surface area contributed by atoms with Gasteiger partial charge in [0.2, 0.25) is 11.8 Å². The van der Waals surface area contributed by atoms with Gasteiger partial charge in [-0.3, -0.25) is 9.59 Å².